The second-order valence-corrected chi connectivity index (χ2v) is 14.0. The van der Waals surface area contributed by atoms with Crippen molar-refractivity contribution in [1.82, 2.24) is 4.98 Å². The van der Waals surface area contributed by atoms with Crippen molar-refractivity contribution in [3.63, 3.8) is 0 Å². The van der Waals surface area contributed by atoms with Gasteiger partial charge in [0, 0.05) is 10.9 Å². The van der Waals surface area contributed by atoms with Gasteiger partial charge in [-0.05, 0) is 45.3 Å². The number of pyridine rings is 1. The number of fused-ring (bicyclic) bond motifs is 2. The molecule has 4 aromatic carbocycles. The molecule has 0 N–H and O–H groups in total. The van der Waals surface area contributed by atoms with E-state index < -0.39 is 8.07 Å². The summed E-state index contributed by atoms with van der Waals surface area (Å²) in [6, 6.07) is 34.8. The largest absolute Gasteiger partial charge is 0.248 e. The molecule has 0 aliphatic carbocycles. The molecule has 0 saturated carbocycles. The molecule has 0 atom stereocenters. The molecular weight excluding hydrogens is 378 g/mol. The van der Waals surface area contributed by atoms with Crippen LogP contribution in [0, 0.1) is 0 Å². The van der Waals surface area contributed by atoms with Crippen molar-refractivity contribution in [3.8, 4) is 22.4 Å². The Morgan fingerprint density at radius 3 is 2.13 bits per heavy atom. The molecule has 0 aliphatic rings. The van der Waals surface area contributed by atoms with Crippen LogP contribution in [0.4, 0.5) is 0 Å². The van der Waals surface area contributed by atoms with Gasteiger partial charge in [-0.15, -0.1) is 0 Å². The minimum Gasteiger partial charge on any atom is -0.248 e. The van der Waals surface area contributed by atoms with Gasteiger partial charge in [-0.3, -0.25) is 0 Å². The van der Waals surface area contributed by atoms with Gasteiger partial charge in [0.1, 0.15) is 0 Å². The van der Waals surface area contributed by atoms with Crippen LogP contribution in [0.5, 0.6) is 0 Å². The lowest BCUT2D eigenvalue weighted by Gasteiger charge is -2.21. The van der Waals surface area contributed by atoms with Crippen LogP contribution in [-0.2, 0) is 0 Å². The van der Waals surface area contributed by atoms with E-state index in [2.05, 4.69) is 117 Å². The molecule has 0 unspecified atom stereocenters. The van der Waals surface area contributed by atoms with E-state index in [0.29, 0.717) is 0 Å². The fraction of sp³-hybridized carbons (Fsp3) is 0.107. The molecule has 146 valence electrons. The van der Waals surface area contributed by atoms with E-state index in [4.69, 9.17) is 4.98 Å². The summed E-state index contributed by atoms with van der Waals surface area (Å²) in [5.41, 5.74) is 5.87. The Labute approximate surface area is 179 Å². The lowest BCUT2D eigenvalue weighted by atomic mass is 10.00. The molecule has 0 saturated heterocycles. The molecule has 1 nitrogen and oxygen atoms in total. The predicted molar refractivity (Wildman–Crippen MR) is 133 cm³/mol. The Bertz CT molecular complexity index is 1360. The van der Waals surface area contributed by atoms with Crippen LogP contribution in [0.1, 0.15) is 0 Å². The molecule has 0 bridgehead atoms. The number of rotatable bonds is 3. The highest BCUT2D eigenvalue weighted by atomic mass is 28.3. The third kappa shape index (κ3) is 3.34. The quantitative estimate of drug-likeness (QED) is 0.289. The van der Waals surface area contributed by atoms with Crippen LogP contribution in [0.3, 0.4) is 0 Å². The van der Waals surface area contributed by atoms with Gasteiger partial charge in [0.25, 0.3) is 0 Å². The third-order valence-electron chi connectivity index (χ3n) is 5.79. The highest BCUT2D eigenvalue weighted by Gasteiger charge is 2.22. The van der Waals surface area contributed by atoms with Crippen LogP contribution in [0.15, 0.2) is 97.1 Å². The zero-order chi connectivity index (χ0) is 20.7. The summed E-state index contributed by atoms with van der Waals surface area (Å²) in [5.74, 6) is 0. The topological polar surface area (TPSA) is 12.9 Å². The number of nitrogens with zero attached hydrogens (tertiary/aromatic N) is 1. The van der Waals surface area contributed by atoms with Crippen molar-refractivity contribution in [3.05, 3.63) is 97.1 Å². The average Bonchev–Trinajstić information content (AvgIpc) is 2.77. The molecule has 0 radical (unpaired) electrons. The third-order valence-corrected chi connectivity index (χ3v) is 7.82. The van der Waals surface area contributed by atoms with Gasteiger partial charge in [0.05, 0.1) is 19.3 Å². The molecule has 1 aromatic heterocycles. The lowest BCUT2D eigenvalue weighted by molar-refractivity contribution is 1.41. The Hall–Kier alpha value is -3.23. The molecule has 0 spiro atoms. The Kier molecular flexibility index (Phi) is 4.52. The highest BCUT2D eigenvalue weighted by molar-refractivity contribution is 6.90. The van der Waals surface area contributed by atoms with Crippen molar-refractivity contribution in [1.29, 1.82) is 0 Å². The van der Waals surface area contributed by atoms with Crippen LogP contribution in [0.2, 0.25) is 19.6 Å². The van der Waals surface area contributed by atoms with Gasteiger partial charge < -0.3 is 0 Å². The molecular formula is C28H25NSi. The van der Waals surface area contributed by atoms with Crippen LogP contribution in [-0.4, -0.2) is 13.1 Å². The zero-order valence-electron chi connectivity index (χ0n) is 17.7. The maximum absolute atomic E-state index is 5.13. The summed E-state index contributed by atoms with van der Waals surface area (Å²) < 4.78 is 0. The first kappa shape index (κ1) is 18.8. The van der Waals surface area contributed by atoms with Gasteiger partial charge in [-0.25, -0.2) is 4.98 Å². The maximum Gasteiger partial charge on any atom is 0.0785 e. The van der Waals surface area contributed by atoms with Crippen molar-refractivity contribution < 1.29 is 0 Å². The normalized spacial score (nSPS) is 11.8. The van der Waals surface area contributed by atoms with E-state index in [1.807, 2.05) is 0 Å². The number of hydrogen-bond acceptors (Lipinski definition) is 1. The number of hydrogen-bond donors (Lipinski definition) is 0. The standard InChI is InChI=1S/C28H25NSi/c1-30(2,3)28-19-27(24-15-9-13-21-12-7-8-14-23(21)24)29-26-17-16-22(18-25(26)28)20-10-5-4-6-11-20/h4-19H,1-3H3. The van der Waals surface area contributed by atoms with E-state index in [9.17, 15) is 0 Å². The number of aromatic nitrogens is 1. The summed E-state index contributed by atoms with van der Waals surface area (Å²) >= 11 is 0. The first-order chi connectivity index (χ1) is 14.5. The summed E-state index contributed by atoms with van der Waals surface area (Å²) in [6.07, 6.45) is 0. The molecule has 0 fully saturated rings. The number of benzene rings is 4. The van der Waals surface area contributed by atoms with Gasteiger partial charge >= 0.3 is 0 Å². The zero-order valence-corrected chi connectivity index (χ0v) is 18.7. The van der Waals surface area contributed by atoms with Crippen molar-refractivity contribution in [2.75, 3.05) is 0 Å². The lowest BCUT2D eigenvalue weighted by Crippen LogP contribution is -2.38. The van der Waals surface area contributed by atoms with Crippen LogP contribution < -0.4 is 5.19 Å². The van der Waals surface area contributed by atoms with E-state index in [0.717, 1.165) is 11.2 Å². The molecule has 5 aromatic rings. The second kappa shape index (κ2) is 7.23. The van der Waals surface area contributed by atoms with E-state index >= 15 is 0 Å². The monoisotopic (exact) mass is 403 g/mol. The summed E-state index contributed by atoms with van der Waals surface area (Å²) in [7, 11) is -1.59. The van der Waals surface area contributed by atoms with E-state index in [1.54, 1.807) is 0 Å². The molecule has 0 amide bonds. The highest BCUT2D eigenvalue weighted by Crippen LogP contribution is 2.30. The van der Waals surface area contributed by atoms with E-state index in [-0.39, 0.29) is 0 Å². The van der Waals surface area contributed by atoms with Crippen LogP contribution >= 0.6 is 0 Å². The Morgan fingerprint density at radius 1 is 0.600 bits per heavy atom. The minimum absolute atomic E-state index is 1.07. The first-order valence-electron chi connectivity index (χ1n) is 10.5. The molecule has 2 heteroatoms. The predicted octanol–water partition coefficient (Wildman–Crippen LogP) is 7.27. The van der Waals surface area contributed by atoms with Crippen molar-refractivity contribution in [2.45, 2.75) is 19.6 Å². The molecule has 30 heavy (non-hydrogen) atoms. The Balaban J connectivity index is 1.78. The smallest absolute Gasteiger partial charge is 0.0785 e. The van der Waals surface area contributed by atoms with Gasteiger partial charge in [0.2, 0.25) is 0 Å². The summed E-state index contributed by atoms with van der Waals surface area (Å²) in [4.78, 5) is 5.13. The average molecular weight is 404 g/mol. The van der Waals surface area contributed by atoms with Gasteiger partial charge in [0.15, 0.2) is 0 Å². The fourth-order valence-electron chi connectivity index (χ4n) is 4.24. The summed E-state index contributed by atoms with van der Waals surface area (Å²) in [6.45, 7) is 7.26. The van der Waals surface area contributed by atoms with Crippen LogP contribution in [0.25, 0.3) is 44.1 Å². The summed E-state index contributed by atoms with van der Waals surface area (Å²) in [5, 5.41) is 5.27. The molecule has 1 heterocycles. The van der Waals surface area contributed by atoms with E-state index in [1.165, 1.54) is 38.0 Å². The Morgan fingerprint density at radius 2 is 1.33 bits per heavy atom. The molecule has 5 rings (SSSR count). The first-order valence-corrected chi connectivity index (χ1v) is 14.0. The second-order valence-electron chi connectivity index (χ2n) is 8.93. The fourth-order valence-corrected chi connectivity index (χ4v) is 5.82. The van der Waals surface area contributed by atoms with Crippen molar-refractivity contribution >= 4 is 34.9 Å². The van der Waals surface area contributed by atoms with Gasteiger partial charge in [-0.2, -0.15) is 0 Å². The minimum atomic E-state index is -1.59. The van der Waals surface area contributed by atoms with Crippen molar-refractivity contribution in [2.24, 2.45) is 0 Å². The van der Waals surface area contributed by atoms with Gasteiger partial charge in [-0.1, -0.05) is 98.5 Å². The SMILES string of the molecule is C[Si](C)(C)c1cc(-c2cccc3ccccc23)nc2ccc(-c3ccccc3)cc12. The molecule has 0 aliphatic heterocycles. The maximum atomic E-state index is 5.13.